The van der Waals surface area contributed by atoms with Crippen molar-refractivity contribution in [3.63, 3.8) is 0 Å². The summed E-state index contributed by atoms with van der Waals surface area (Å²) in [4.78, 5) is 4.26. The molecule has 0 radical (unpaired) electrons. The number of halogens is 2. The molecule has 0 unspecified atom stereocenters. The van der Waals surface area contributed by atoms with Crippen molar-refractivity contribution in [1.82, 2.24) is 25.4 Å². The topological polar surface area (TPSA) is 67.1 Å². The second kappa shape index (κ2) is 11.5. The van der Waals surface area contributed by atoms with Crippen molar-refractivity contribution >= 4 is 40.9 Å². The van der Waals surface area contributed by atoms with Crippen molar-refractivity contribution in [2.75, 3.05) is 19.8 Å². The van der Waals surface area contributed by atoms with E-state index in [1.807, 2.05) is 18.4 Å². The molecule has 9 heteroatoms. The van der Waals surface area contributed by atoms with Crippen LogP contribution in [-0.4, -0.2) is 40.6 Å². The summed E-state index contributed by atoms with van der Waals surface area (Å²) in [5, 5.41) is 17.5. The van der Waals surface area contributed by atoms with E-state index < -0.39 is 0 Å². The molecule has 28 heavy (non-hydrogen) atoms. The lowest BCUT2D eigenvalue weighted by atomic mass is 10.2. The number of guanidine groups is 1. The third kappa shape index (κ3) is 6.87. The van der Waals surface area contributed by atoms with Crippen LogP contribution in [0.4, 0.5) is 0 Å². The van der Waals surface area contributed by atoms with Gasteiger partial charge in [0, 0.05) is 43.1 Å². The number of hydrogen-bond acceptors (Lipinski definition) is 4. The Bertz CT molecular complexity index is 791. The van der Waals surface area contributed by atoms with Crippen LogP contribution in [-0.2, 0) is 19.5 Å². The Morgan fingerprint density at radius 3 is 2.68 bits per heavy atom. The Balaban J connectivity index is 1.81. The molecule has 0 spiro atoms. The summed E-state index contributed by atoms with van der Waals surface area (Å²) >= 11 is 13.8. The van der Waals surface area contributed by atoms with Gasteiger partial charge in [0.05, 0.1) is 0 Å². The maximum absolute atomic E-state index is 6.21. The zero-order chi connectivity index (χ0) is 20.5. The standard InChI is InChI=1S/C19H28Cl2N6S/c1-13(2)12-27-17(25-26-19(27)28-4)6-5-9-23-18(22-3)24-11-14-7-8-15(20)10-16(14)21/h7-8,10,13H,5-6,9,11-12H2,1-4H3,(H2,22,23,24). The zero-order valence-corrected chi connectivity index (χ0v) is 19.1. The Kier molecular flexibility index (Phi) is 9.41. The Hall–Kier alpha value is -1.44. The first-order valence-electron chi connectivity index (χ1n) is 9.29. The third-order valence-corrected chi connectivity index (χ3v) is 5.33. The van der Waals surface area contributed by atoms with Crippen molar-refractivity contribution in [2.45, 2.75) is 44.9 Å². The number of aliphatic imine (C=N–C) groups is 1. The predicted octanol–water partition coefficient (Wildman–Crippen LogP) is 4.26. The molecule has 0 aliphatic rings. The maximum Gasteiger partial charge on any atom is 0.191 e. The number of nitrogens with zero attached hydrogens (tertiary/aromatic N) is 4. The molecule has 1 aromatic heterocycles. The highest BCUT2D eigenvalue weighted by Gasteiger charge is 2.12. The highest BCUT2D eigenvalue weighted by atomic mass is 35.5. The molecule has 6 nitrogen and oxygen atoms in total. The van der Waals surface area contributed by atoms with Crippen LogP contribution in [0.25, 0.3) is 0 Å². The van der Waals surface area contributed by atoms with Crippen molar-refractivity contribution in [3.8, 4) is 0 Å². The lowest BCUT2D eigenvalue weighted by Gasteiger charge is -2.14. The lowest BCUT2D eigenvalue weighted by Crippen LogP contribution is -2.37. The van der Waals surface area contributed by atoms with Gasteiger partial charge in [-0.3, -0.25) is 4.99 Å². The first-order chi connectivity index (χ1) is 13.4. The largest absolute Gasteiger partial charge is 0.356 e. The summed E-state index contributed by atoms with van der Waals surface area (Å²) in [6.45, 7) is 6.72. The number of nitrogens with one attached hydrogen (secondary N) is 2. The van der Waals surface area contributed by atoms with Crippen molar-refractivity contribution in [3.05, 3.63) is 39.6 Å². The summed E-state index contributed by atoms with van der Waals surface area (Å²) in [6, 6.07) is 5.49. The second-order valence-corrected chi connectivity index (χ2v) is 8.42. The molecule has 0 saturated heterocycles. The normalized spacial score (nSPS) is 11.9. The van der Waals surface area contributed by atoms with Crippen LogP contribution in [0.1, 0.15) is 31.7 Å². The van der Waals surface area contributed by atoms with Gasteiger partial charge in [-0.05, 0) is 36.3 Å². The number of hydrogen-bond donors (Lipinski definition) is 2. The summed E-state index contributed by atoms with van der Waals surface area (Å²) in [5.74, 6) is 2.33. The molecule has 0 atom stereocenters. The highest BCUT2D eigenvalue weighted by molar-refractivity contribution is 7.98. The van der Waals surface area contributed by atoms with E-state index in [0.29, 0.717) is 22.5 Å². The van der Waals surface area contributed by atoms with Gasteiger partial charge in [0.15, 0.2) is 11.1 Å². The van der Waals surface area contributed by atoms with Crippen LogP contribution in [0.3, 0.4) is 0 Å². The molecule has 0 bridgehead atoms. The molecule has 0 aliphatic carbocycles. The molecule has 154 valence electrons. The van der Waals surface area contributed by atoms with Crippen LogP contribution in [0.2, 0.25) is 10.0 Å². The van der Waals surface area contributed by atoms with Gasteiger partial charge < -0.3 is 15.2 Å². The minimum absolute atomic E-state index is 0.557. The molecule has 2 aromatic rings. The van der Waals surface area contributed by atoms with Gasteiger partial charge >= 0.3 is 0 Å². The van der Waals surface area contributed by atoms with E-state index in [0.717, 1.165) is 48.4 Å². The molecule has 0 saturated carbocycles. The molecule has 2 rings (SSSR count). The Labute approximate surface area is 181 Å². The molecule has 2 N–H and O–H groups in total. The fourth-order valence-electron chi connectivity index (χ4n) is 2.72. The van der Waals surface area contributed by atoms with Crippen LogP contribution >= 0.6 is 35.0 Å². The Morgan fingerprint density at radius 2 is 2.04 bits per heavy atom. The van der Waals surface area contributed by atoms with E-state index in [9.17, 15) is 0 Å². The molecule has 0 amide bonds. The molecular formula is C19H28Cl2N6S. The van der Waals surface area contributed by atoms with Gasteiger partial charge in [-0.15, -0.1) is 10.2 Å². The molecule has 1 aromatic carbocycles. The first-order valence-corrected chi connectivity index (χ1v) is 11.3. The average Bonchev–Trinajstić information content (AvgIpc) is 3.03. The van der Waals surface area contributed by atoms with Crippen LogP contribution in [0.5, 0.6) is 0 Å². The maximum atomic E-state index is 6.21. The summed E-state index contributed by atoms with van der Waals surface area (Å²) in [5.41, 5.74) is 0.973. The van der Waals surface area contributed by atoms with E-state index in [1.165, 1.54) is 0 Å². The number of aromatic nitrogens is 3. The van der Waals surface area contributed by atoms with Gasteiger partial charge in [-0.2, -0.15) is 0 Å². The van der Waals surface area contributed by atoms with Crippen LogP contribution in [0.15, 0.2) is 28.3 Å². The smallest absolute Gasteiger partial charge is 0.191 e. The van der Waals surface area contributed by atoms with Crippen molar-refractivity contribution < 1.29 is 0 Å². The minimum Gasteiger partial charge on any atom is -0.356 e. The fraction of sp³-hybridized carbons (Fsp3) is 0.526. The number of benzene rings is 1. The number of rotatable bonds is 9. The zero-order valence-electron chi connectivity index (χ0n) is 16.8. The number of thioether (sulfide) groups is 1. The van der Waals surface area contributed by atoms with Gasteiger partial charge in [-0.25, -0.2) is 0 Å². The van der Waals surface area contributed by atoms with E-state index in [1.54, 1.807) is 24.9 Å². The van der Waals surface area contributed by atoms with Gasteiger partial charge in [0.1, 0.15) is 5.82 Å². The Morgan fingerprint density at radius 1 is 1.25 bits per heavy atom. The summed E-state index contributed by atoms with van der Waals surface area (Å²) in [7, 11) is 1.75. The summed E-state index contributed by atoms with van der Waals surface area (Å²) in [6.07, 6.45) is 3.84. The third-order valence-electron chi connectivity index (χ3n) is 4.08. The monoisotopic (exact) mass is 442 g/mol. The second-order valence-electron chi connectivity index (χ2n) is 6.80. The minimum atomic E-state index is 0.557. The first kappa shape index (κ1) is 22.8. The average molecular weight is 443 g/mol. The quantitative estimate of drug-likeness (QED) is 0.262. The highest BCUT2D eigenvalue weighted by Crippen LogP contribution is 2.20. The molecule has 0 fully saturated rings. The van der Waals surface area contributed by atoms with Crippen LogP contribution in [0, 0.1) is 5.92 Å². The van der Waals surface area contributed by atoms with E-state index >= 15 is 0 Å². The van der Waals surface area contributed by atoms with Crippen molar-refractivity contribution in [2.24, 2.45) is 10.9 Å². The number of aryl methyl sites for hydroxylation is 1. The van der Waals surface area contributed by atoms with E-state index in [-0.39, 0.29) is 0 Å². The van der Waals surface area contributed by atoms with E-state index in [4.69, 9.17) is 23.2 Å². The SMILES string of the molecule is CN=C(NCCCc1nnc(SC)n1CC(C)C)NCc1ccc(Cl)cc1Cl. The van der Waals surface area contributed by atoms with Gasteiger partial charge in [0.25, 0.3) is 0 Å². The summed E-state index contributed by atoms with van der Waals surface area (Å²) < 4.78 is 2.23. The van der Waals surface area contributed by atoms with Gasteiger partial charge in [-0.1, -0.05) is 54.9 Å². The predicted molar refractivity (Wildman–Crippen MR) is 120 cm³/mol. The molecule has 1 heterocycles. The molecule has 0 aliphatic heterocycles. The van der Waals surface area contributed by atoms with E-state index in [2.05, 4.69) is 44.2 Å². The lowest BCUT2D eigenvalue weighted by molar-refractivity contribution is 0.477. The van der Waals surface area contributed by atoms with Crippen molar-refractivity contribution in [1.29, 1.82) is 0 Å². The fourth-order valence-corrected chi connectivity index (χ4v) is 3.72. The molecular weight excluding hydrogens is 415 g/mol. The van der Waals surface area contributed by atoms with Crippen LogP contribution < -0.4 is 10.6 Å². The van der Waals surface area contributed by atoms with Gasteiger partial charge in [0.2, 0.25) is 0 Å².